The molecule has 0 fully saturated rings. The zero-order chi connectivity index (χ0) is 18.5. The van der Waals surface area contributed by atoms with Gasteiger partial charge in [0, 0.05) is 18.4 Å². The van der Waals surface area contributed by atoms with Crippen LogP contribution in [0.2, 0.25) is 0 Å². The molecule has 136 valence electrons. The molecule has 0 spiro atoms. The van der Waals surface area contributed by atoms with Gasteiger partial charge in [0.25, 0.3) is 5.56 Å². The van der Waals surface area contributed by atoms with Crippen LogP contribution < -0.4 is 10.1 Å². The lowest BCUT2D eigenvalue weighted by molar-refractivity contribution is 0.405. The van der Waals surface area contributed by atoms with Crippen molar-refractivity contribution in [1.82, 2.24) is 35.0 Å². The highest BCUT2D eigenvalue weighted by molar-refractivity contribution is 7.32. The van der Waals surface area contributed by atoms with Crippen molar-refractivity contribution in [2.75, 3.05) is 0 Å². The standard InChI is InChI=1S/C15H12N7O4P/c23-15-14-16-12(26-27(24)25)6-22(14)10-5-9-7(4-11-18-20-21-19-11)2-1-3-8(9)13(10)17-15/h1-3,6,27H,4-5H2,(H,17,23)(H,24,25)(H,18,19,20,21). The summed E-state index contributed by atoms with van der Waals surface area (Å²) < 4.78 is 17.3. The van der Waals surface area contributed by atoms with Crippen molar-refractivity contribution in [3.63, 3.8) is 0 Å². The van der Waals surface area contributed by atoms with Crippen LogP contribution in [0.4, 0.5) is 0 Å². The fourth-order valence-electron chi connectivity index (χ4n) is 3.47. The largest absolute Gasteiger partial charge is 0.406 e. The van der Waals surface area contributed by atoms with Gasteiger partial charge in [0.1, 0.15) is 0 Å². The number of nitrogens with zero attached hydrogens (tertiary/aromatic N) is 5. The fourth-order valence-corrected chi connectivity index (χ4v) is 3.74. The second kappa shape index (κ2) is 5.86. The quantitative estimate of drug-likeness (QED) is 0.377. The highest BCUT2D eigenvalue weighted by atomic mass is 31.1. The van der Waals surface area contributed by atoms with Crippen LogP contribution in [0.1, 0.15) is 22.6 Å². The first-order valence-corrected chi connectivity index (χ1v) is 9.25. The molecular formula is C15H12N7O4P. The summed E-state index contributed by atoms with van der Waals surface area (Å²) in [7, 11) is -3.21. The van der Waals surface area contributed by atoms with E-state index < -0.39 is 13.8 Å². The Kier molecular flexibility index (Phi) is 3.46. The zero-order valence-electron chi connectivity index (χ0n) is 13.6. The smallest absolute Gasteiger partial charge is 0.366 e. The lowest BCUT2D eigenvalue weighted by atomic mass is 10.00. The number of nitrogens with one attached hydrogen (secondary N) is 2. The Balaban J connectivity index is 1.65. The molecule has 3 N–H and O–H groups in total. The zero-order valence-corrected chi connectivity index (χ0v) is 14.6. The average molecular weight is 385 g/mol. The minimum absolute atomic E-state index is 0.0656. The Bertz CT molecular complexity index is 1260. The number of aromatic nitrogens is 7. The number of aromatic amines is 2. The van der Waals surface area contributed by atoms with Crippen LogP contribution in [0.3, 0.4) is 0 Å². The van der Waals surface area contributed by atoms with E-state index in [1.165, 1.54) is 6.20 Å². The van der Waals surface area contributed by atoms with Gasteiger partial charge in [-0.2, -0.15) is 4.98 Å². The number of hydrogen-bond donors (Lipinski definition) is 3. The highest BCUT2D eigenvalue weighted by Gasteiger charge is 2.26. The minimum Gasteiger partial charge on any atom is -0.406 e. The number of hydrogen-bond acceptors (Lipinski definition) is 7. The van der Waals surface area contributed by atoms with Gasteiger partial charge in [-0.1, -0.05) is 18.2 Å². The normalized spacial score (nSPS) is 13.5. The summed E-state index contributed by atoms with van der Waals surface area (Å²) >= 11 is 0. The van der Waals surface area contributed by atoms with Gasteiger partial charge in [-0.3, -0.25) is 9.20 Å². The van der Waals surface area contributed by atoms with Crippen LogP contribution in [0, 0.1) is 0 Å². The lowest BCUT2D eigenvalue weighted by Crippen LogP contribution is -2.13. The maximum absolute atomic E-state index is 12.4. The van der Waals surface area contributed by atoms with Gasteiger partial charge in [0.15, 0.2) is 5.82 Å². The average Bonchev–Trinajstić information content (AvgIpc) is 3.34. The molecule has 4 aromatic rings. The van der Waals surface area contributed by atoms with Crippen LogP contribution in [0.5, 0.6) is 5.88 Å². The first-order chi connectivity index (χ1) is 13.1. The molecule has 0 amide bonds. The van der Waals surface area contributed by atoms with E-state index in [0.717, 1.165) is 22.4 Å². The minimum atomic E-state index is -3.21. The third-order valence-corrected chi connectivity index (χ3v) is 4.91. The van der Waals surface area contributed by atoms with Crippen molar-refractivity contribution in [2.45, 2.75) is 12.8 Å². The van der Waals surface area contributed by atoms with Gasteiger partial charge in [0.05, 0.1) is 17.6 Å². The summed E-state index contributed by atoms with van der Waals surface area (Å²) in [6, 6.07) is 5.84. The predicted octanol–water partition coefficient (Wildman–Crippen LogP) is 0.458. The number of fused-ring (bicyclic) bond motifs is 5. The third kappa shape index (κ3) is 2.56. The van der Waals surface area contributed by atoms with E-state index in [9.17, 15) is 9.36 Å². The molecule has 1 aromatic carbocycles. The molecule has 1 aliphatic carbocycles. The number of benzene rings is 1. The van der Waals surface area contributed by atoms with Crippen LogP contribution in [0.25, 0.3) is 16.9 Å². The molecule has 0 saturated carbocycles. The molecule has 11 nitrogen and oxygen atoms in total. The Morgan fingerprint density at radius 3 is 3.04 bits per heavy atom. The van der Waals surface area contributed by atoms with E-state index in [1.54, 1.807) is 4.40 Å². The van der Waals surface area contributed by atoms with E-state index in [1.807, 2.05) is 18.2 Å². The number of rotatable bonds is 4. The molecule has 0 bridgehead atoms. The third-order valence-electron chi connectivity index (χ3n) is 4.53. The highest BCUT2D eigenvalue weighted by Crippen LogP contribution is 2.37. The second-order valence-electron chi connectivity index (χ2n) is 6.06. The van der Waals surface area contributed by atoms with Gasteiger partial charge in [-0.25, -0.2) is 9.66 Å². The summed E-state index contributed by atoms with van der Waals surface area (Å²) in [6.07, 6.45) is 2.54. The summed E-state index contributed by atoms with van der Waals surface area (Å²) in [5.74, 6) is 0.577. The Hall–Kier alpha value is -3.30. The molecule has 12 heteroatoms. The molecular weight excluding hydrogens is 373 g/mol. The summed E-state index contributed by atoms with van der Waals surface area (Å²) in [5, 5.41) is 13.9. The molecule has 1 unspecified atom stereocenters. The van der Waals surface area contributed by atoms with Crippen LogP contribution in [-0.4, -0.2) is 39.9 Å². The SMILES string of the molecule is O=c1[nH]c2c(n3cc(O[PH](=O)O)nc13)Cc1c(Cc3nnn[nH]3)cccc1-2. The van der Waals surface area contributed by atoms with Gasteiger partial charge >= 0.3 is 8.25 Å². The van der Waals surface area contributed by atoms with E-state index >= 15 is 0 Å². The second-order valence-corrected chi connectivity index (χ2v) is 6.80. The fraction of sp³-hybridized carbons (Fsp3) is 0.133. The van der Waals surface area contributed by atoms with Gasteiger partial charge in [0.2, 0.25) is 11.5 Å². The van der Waals surface area contributed by atoms with Gasteiger partial charge in [-0.05, 0) is 21.6 Å². The van der Waals surface area contributed by atoms with E-state index in [0.29, 0.717) is 24.4 Å². The van der Waals surface area contributed by atoms with Crippen molar-refractivity contribution in [1.29, 1.82) is 0 Å². The van der Waals surface area contributed by atoms with Crippen molar-refractivity contribution in [3.05, 3.63) is 57.4 Å². The molecule has 0 saturated heterocycles. The van der Waals surface area contributed by atoms with Crippen LogP contribution >= 0.6 is 8.25 Å². The Labute approximate surface area is 151 Å². The summed E-state index contributed by atoms with van der Waals surface area (Å²) in [6.45, 7) is 0. The first-order valence-electron chi connectivity index (χ1n) is 7.99. The van der Waals surface area contributed by atoms with Crippen molar-refractivity contribution >= 4 is 13.9 Å². The van der Waals surface area contributed by atoms with Crippen molar-refractivity contribution in [3.8, 4) is 17.1 Å². The van der Waals surface area contributed by atoms with Crippen LogP contribution in [-0.2, 0) is 17.4 Å². The molecule has 3 heterocycles. The number of tetrazole rings is 1. The molecule has 0 aliphatic heterocycles. The predicted molar refractivity (Wildman–Crippen MR) is 92.9 cm³/mol. The van der Waals surface area contributed by atoms with Crippen molar-refractivity contribution < 1.29 is 14.0 Å². The molecule has 0 radical (unpaired) electrons. The maximum atomic E-state index is 12.4. The molecule has 27 heavy (non-hydrogen) atoms. The summed E-state index contributed by atoms with van der Waals surface area (Å²) in [4.78, 5) is 28.3. The maximum Gasteiger partial charge on any atom is 0.366 e. The Morgan fingerprint density at radius 2 is 2.26 bits per heavy atom. The molecule has 1 atom stereocenters. The number of imidazole rings is 1. The molecule has 5 rings (SSSR count). The first kappa shape index (κ1) is 15.9. The van der Waals surface area contributed by atoms with E-state index in [4.69, 9.17) is 9.42 Å². The van der Waals surface area contributed by atoms with E-state index in [-0.39, 0.29) is 11.5 Å². The van der Waals surface area contributed by atoms with Gasteiger partial charge < -0.3 is 14.4 Å². The van der Waals surface area contributed by atoms with Crippen molar-refractivity contribution in [2.24, 2.45) is 0 Å². The van der Waals surface area contributed by atoms with Gasteiger partial charge in [-0.15, -0.1) is 5.10 Å². The van der Waals surface area contributed by atoms with E-state index in [2.05, 4.69) is 30.6 Å². The monoisotopic (exact) mass is 385 g/mol. The molecule has 1 aliphatic rings. The Morgan fingerprint density at radius 1 is 1.37 bits per heavy atom. The number of H-pyrrole nitrogens is 2. The van der Waals surface area contributed by atoms with Crippen LogP contribution in [0.15, 0.2) is 29.2 Å². The topological polar surface area (TPSA) is 151 Å². The summed E-state index contributed by atoms with van der Waals surface area (Å²) in [5.41, 5.74) is 4.23. The lowest BCUT2D eigenvalue weighted by Gasteiger charge is -2.06. The molecule has 3 aromatic heterocycles.